The second-order valence-corrected chi connectivity index (χ2v) is 6.51. The lowest BCUT2D eigenvalue weighted by Crippen LogP contribution is -2.23. The molecule has 1 nitrogen and oxygen atoms in total. The van der Waals surface area contributed by atoms with Crippen molar-refractivity contribution < 1.29 is 0 Å². The van der Waals surface area contributed by atoms with Gasteiger partial charge in [-0.25, -0.2) is 0 Å². The number of halogens is 1. The first-order valence-corrected chi connectivity index (χ1v) is 7.56. The molecule has 0 radical (unpaired) electrons. The number of nitrogens with two attached hydrogens (primary N) is 1. The molecular weight excluding hydrogens is 250 g/mol. The van der Waals surface area contributed by atoms with Gasteiger partial charge in [0.1, 0.15) is 0 Å². The maximum atomic E-state index is 6.24. The van der Waals surface area contributed by atoms with E-state index in [1.165, 1.54) is 6.42 Å². The van der Waals surface area contributed by atoms with Gasteiger partial charge in [0.05, 0.1) is 0 Å². The second kappa shape index (κ2) is 7.30. The van der Waals surface area contributed by atoms with Crippen LogP contribution < -0.4 is 5.73 Å². The number of hydrogen-bond donors (Lipinski definition) is 1. The fourth-order valence-corrected chi connectivity index (χ4v) is 3.53. The molecule has 1 aromatic rings. The van der Waals surface area contributed by atoms with Crippen molar-refractivity contribution >= 4 is 23.4 Å². The van der Waals surface area contributed by atoms with Crippen molar-refractivity contribution in [3.63, 3.8) is 0 Å². The Kier molecular flexibility index (Phi) is 6.39. The molecule has 0 saturated heterocycles. The van der Waals surface area contributed by atoms with Crippen molar-refractivity contribution in [1.82, 2.24) is 0 Å². The van der Waals surface area contributed by atoms with E-state index in [1.807, 2.05) is 30.0 Å². The Bertz CT molecular complexity index is 339. The first-order chi connectivity index (χ1) is 8.02. The number of rotatable bonds is 6. The minimum atomic E-state index is 0.118. The van der Waals surface area contributed by atoms with Gasteiger partial charge in [-0.15, -0.1) is 0 Å². The highest BCUT2D eigenvalue weighted by atomic mass is 35.5. The fourth-order valence-electron chi connectivity index (χ4n) is 1.66. The van der Waals surface area contributed by atoms with Crippen LogP contribution in [0.2, 0.25) is 5.02 Å². The summed E-state index contributed by atoms with van der Waals surface area (Å²) in [5.74, 6) is 1.87. The average Bonchev–Trinajstić information content (AvgIpc) is 2.25. The van der Waals surface area contributed by atoms with Gasteiger partial charge in [0.15, 0.2) is 0 Å². The van der Waals surface area contributed by atoms with E-state index in [1.54, 1.807) is 0 Å². The van der Waals surface area contributed by atoms with E-state index >= 15 is 0 Å². The van der Waals surface area contributed by atoms with Crippen LogP contribution in [0.1, 0.15) is 38.0 Å². The Morgan fingerprint density at radius 1 is 1.24 bits per heavy atom. The standard InChI is InChI=1S/C14H22ClNS/c1-10(2)8-9-17-14(11(3)16)12-6-4-5-7-13(12)15/h4-7,10-11,14H,8-9,16H2,1-3H3. The SMILES string of the molecule is CC(C)CCSC(c1ccccc1Cl)C(C)N. The third-order valence-electron chi connectivity index (χ3n) is 2.68. The van der Waals surface area contributed by atoms with Gasteiger partial charge >= 0.3 is 0 Å². The van der Waals surface area contributed by atoms with Crippen LogP contribution in [-0.2, 0) is 0 Å². The summed E-state index contributed by atoms with van der Waals surface area (Å²) in [5, 5.41) is 1.12. The van der Waals surface area contributed by atoms with Gasteiger partial charge in [0.2, 0.25) is 0 Å². The number of benzene rings is 1. The van der Waals surface area contributed by atoms with Crippen molar-refractivity contribution in [3.05, 3.63) is 34.9 Å². The van der Waals surface area contributed by atoms with Gasteiger partial charge in [0, 0.05) is 16.3 Å². The fraction of sp³-hybridized carbons (Fsp3) is 0.571. The van der Waals surface area contributed by atoms with Crippen LogP contribution >= 0.6 is 23.4 Å². The topological polar surface area (TPSA) is 26.0 Å². The van der Waals surface area contributed by atoms with Gasteiger partial charge in [-0.1, -0.05) is 43.6 Å². The molecule has 0 aliphatic rings. The van der Waals surface area contributed by atoms with Crippen molar-refractivity contribution in [1.29, 1.82) is 0 Å². The van der Waals surface area contributed by atoms with Gasteiger partial charge in [-0.3, -0.25) is 0 Å². The first kappa shape index (κ1) is 14.9. The number of thioether (sulfide) groups is 1. The smallest absolute Gasteiger partial charge is 0.0460 e. The molecule has 0 aromatic heterocycles. The Balaban J connectivity index is 2.69. The summed E-state index contributed by atoms with van der Waals surface area (Å²) in [6, 6.07) is 8.13. The molecule has 0 bridgehead atoms. The predicted molar refractivity (Wildman–Crippen MR) is 79.8 cm³/mol. The molecule has 0 amide bonds. The Morgan fingerprint density at radius 2 is 1.88 bits per heavy atom. The lowest BCUT2D eigenvalue weighted by molar-refractivity contribution is 0.629. The summed E-state index contributed by atoms with van der Waals surface area (Å²) in [6.45, 7) is 6.55. The second-order valence-electron chi connectivity index (χ2n) is 4.85. The van der Waals surface area contributed by atoms with E-state index in [9.17, 15) is 0 Å². The normalized spacial score (nSPS) is 14.9. The van der Waals surface area contributed by atoms with E-state index in [0.29, 0.717) is 5.25 Å². The zero-order valence-corrected chi connectivity index (χ0v) is 12.4. The quantitative estimate of drug-likeness (QED) is 0.824. The summed E-state index contributed by atoms with van der Waals surface area (Å²) in [5.41, 5.74) is 7.24. The van der Waals surface area contributed by atoms with Crippen LogP contribution in [0.4, 0.5) is 0 Å². The highest BCUT2D eigenvalue weighted by Gasteiger charge is 2.18. The van der Waals surface area contributed by atoms with E-state index in [-0.39, 0.29) is 6.04 Å². The monoisotopic (exact) mass is 271 g/mol. The molecule has 0 aliphatic carbocycles. The van der Waals surface area contributed by atoms with Crippen molar-refractivity contribution in [2.24, 2.45) is 11.7 Å². The van der Waals surface area contributed by atoms with Crippen LogP contribution in [0.3, 0.4) is 0 Å². The highest BCUT2D eigenvalue weighted by Crippen LogP contribution is 2.36. The maximum absolute atomic E-state index is 6.24. The predicted octanol–water partition coefficient (Wildman–Crippen LogP) is 4.51. The maximum Gasteiger partial charge on any atom is 0.0460 e. The molecule has 2 atom stereocenters. The first-order valence-electron chi connectivity index (χ1n) is 6.14. The van der Waals surface area contributed by atoms with Gasteiger partial charge in [-0.2, -0.15) is 11.8 Å². The molecule has 1 rings (SSSR count). The summed E-state index contributed by atoms with van der Waals surface area (Å²) in [4.78, 5) is 0. The van der Waals surface area contributed by atoms with Crippen molar-refractivity contribution in [2.45, 2.75) is 38.5 Å². The molecule has 0 spiro atoms. The Hall–Kier alpha value is -0.180. The summed E-state index contributed by atoms with van der Waals surface area (Å²) < 4.78 is 0. The molecule has 17 heavy (non-hydrogen) atoms. The molecule has 2 unspecified atom stereocenters. The zero-order valence-electron chi connectivity index (χ0n) is 10.8. The minimum Gasteiger partial charge on any atom is -0.327 e. The third kappa shape index (κ3) is 4.90. The van der Waals surface area contributed by atoms with Crippen LogP contribution in [-0.4, -0.2) is 11.8 Å². The zero-order chi connectivity index (χ0) is 12.8. The molecule has 96 valence electrons. The van der Waals surface area contributed by atoms with E-state index in [4.69, 9.17) is 17.3 Å². The summed E-state index contributed by atoms with van der Waals surface area (Å²) >= 11 is 8.15. The van der Waals surface area contributed by atoms with E-state index < -0.39 is 0 Å². The molecule has 0 fully saturated rings. The summed E-state index contributed by atoms with van der Waals surface area (Å²) in [6.07, 6.45) is 1.22. The lowest BCUT2D eigenvalue weighted by atomic mass is 10.1. The highest BCUT2D eigenvalue weighted by molar-refractivity contribution is 7.99. The molecule has 0 saturated carbocycles. The van der Waals surface area contributed by atoms with Gasteiger partial charge in [0.25, 0.3) is 0 Å². The molecule has 2 N–H and O–H groups in total. The molecule has 0 heterocycles. The van der Waals surface area contributed by atoms with Crippen molar-refractivity contribution in [3.8, 4) is 0 Å². The van der Waals surface area contributed by atoms with Crippen LogP contribution in [0.5, 0.6) is 0 Å². The average molecular weight is 272 g/mol. The minimum absolute atomic E-state index is 0.118. The van der Waals surface area contributed by atoms with Crippen molar-refractivity contribution in [2.75, 3.05) is 5.75 Å². The van der Waals surface area contributed by atoms with Crippen LogP contribution in [0.25, 0.3) is 0 Å². The summed E-state index contributed by atoms with van der Waals surface area (Å²) in [7, 11) is 0. The third-order valence-corrected chi connectivity index (χ3v) is 4.54. The van der Waals surface area contributed by atoms with Gasteiger partial charge in [-0.05, 0) is 36.6 Å². The Labute approximate surface area is 114 Å². The van der Waals surface area contributed by atoms with Gasteiger partial charge < -0.3 is 5.73 Å². The number of hydrogen-bond acceptors (Lipinski definition) is 2. The molecule has 3 heteroatoms. The largest absolute Gasteiger partial charge is 0.327 e. The molecule has 0 aliphatic heterocycles. The molecular formula is C14H22ClNS. The lowest BCUT2D eigenvalue weighted by Gasteiger charge is -2.22. The van der Waals surface area contributed by atoms with Crippen LogP contribution in [0.15, 0.2) is 24.3 Å². The van der Waals surface area contributed by atoms with Crippen LogP contribution in [0, 0.1) is 5.92 Å². The van der Waals surface area contributed by atoms with E-state index in [0.717, 1.165) is 22.3 Å². The Morgan fingerprint density at radius 3 is 2.41 bits per heavy atom. The van der Waals surface area contributed by atoms with E-state index in [2.05, 4.69) is 26.8 Å². The molecule has 1 aromatic carbocycles.